The number of hydrogen-bond acceptors (Lipinski definition) is 4. The van der Waals surface area contributed by atoms with Gasteiger partial charge >= 0.3 is 0 Å². The summed E-state index contributed by atoms with van der Waals surface area (Å²) in [4.78, 5) is 5.39. The molecule has 0 atom stereocenters. The van der Waals surface area contributed by atoms with E-state index in [0.29, 0.717) is 6.61 Å². The van der Waals surface area contributed by atoms with Crippen molar-refractivity contribution in [3.8, 4) is 5.75 Å². The zero-order chi connectivity index (χ0) is 12.6. The summed E-state index contributed by atoms with van der Waals surface area (Å²) < 4.78 is 5.84. The molecule has 2 heterocycles. The predicted octanol–water partition coefficient (Wildman–Crippen LogP) is 3.22. The van der Waals surface area contributed by atoms with Crippen LogP contribution in [0.15, 0.2) is 36.0 Å². The Balaban J connectivity index is 1.94. The van der Waals surface area contributed by atoms with Crippen molar-refractivity contribution < 1.29 is 4.74 Å². The van der Waals surface area contributed by atoms with Gasteiger partial charge in [0.2, 0.25) is 0 Å². The molecule has 2 rings (SSSR count). The second kappa shape index (κ2) is 7.13. The first kappa shape index (κ1) is 13.1. The molecule has 0 aliphatic heterocycles. The molecule has 0 saturated heterocycles. The van der Waals surface area contributed by atoms with Crippen LogP contribution in [0.1, 0.15) is 23.8 Å². The lowest BCUT2D eigenvalue weighted by atomic mass is 10.2. The molecule has 0 unspecified atom stereocenters. The van der Waals surface area contributed by atoms with Crippen LogP contribution in [0.3, 0.4) is 0 Å². The van der Waals surface area contributed by atoms with Gasteiger partial charge in [-0.1, -0.05) is 13.0 Å². The molecule has 0 aromatic carbocycles. The minimum Gasteiger partial charge on any atom is -0.488 e. The van der Waals surface area contributed by atoms with Gasteiger partial charge in [-0.15, -0.1) is 11.3 Å². The number of thiophene rings is 1. The Hall–Kier alpha value is -1.39. The van der Waals surface area contributed by atoms with Crippen molar-refractivity contribution in [2.75, 3.05) is 6.54 Å². The van der Waals surface area contributed by atoms with Crippen molar-refractivity contribution in [2.45, 2.75) is 26.5 Å². The molecule has 2 aromatic rings. The van der Waals surface area contributed by atoms with Gasteiger partial charge in [0, 0.05) is 29.4 Å². The largest absolute Gasteiger partial charge is 0.488 e. The summed E-state index contributed by atoms with van der Waals surface area (Å²) in [5.74, 6) is 0.919. The van der Waals surface area contributed by atoms with Crippen molar-refractivity contribution in [1.29, 1.82) is 0 Å². The van der Waals surface area contributed by atoms with Gasteiger partial charge in [-0.2, -0.15) is 0 Å². The van der Waals surface area contributed by atoms with Gasteiger partial charge in [0.15, 0.2) is 0 Å². The lowest BCUT2D eigenvalue weighted by Gasteiger charge is -2.10. The zero-order valence-electron chi connectivity index (χ0n) is 10.6. The maximum atomic E-state index is 5.84. The number of hydrogen-bond donors (Lipinski definition) is 1. The van der Waals surface area contributed by atoms with E-state index in [0.717, 1.165) is 30.8 Å². The number of pyridine rings is 1. The Kier molecular flexibility index (Phi) is 5.17. The normalized spacial score (nSPS) is 10.5. The first-order valence-electron chi connectivity index (χ1n) is 6.19. The van der Waals surface area contributed by atoms with E-state index in [2.05, 4.69) is 28.7 Å². The molecule has 0 aliphatic rings. The van der Waals surface area contributed by atoms with Crippen LogP contribution in [-0.2, 0) is 13.2 Å². The number of ether oxygens (including phenoxy) is 1. The van der Waals surface area contributed by atoms with Gasteiger partial charge < -0.3 is 10.1 Å². The standard InChI is InChI=1S/C14H18N2OS/c1-2-6-15-9-12-10-16-7-5-14(12)17-11-13-4-3-8-18-13/h3-5,7-8,10,15H,2,6,9,11H2,1H3. The van der Waals surface area contributed by atoms with Crippen LogP contribution in [0.25, 0.3) is 0 Å². The molecule has 0 saturated carbocycles. The van der Waals surface area contributed by atoms with Crippen LogP contribution < -0.4 is 10.1 Å². The first-order valence-corrected chi connectivity index (χ1v) is 7.07. The fraction of sp³-hybridized carbons (Fsp3) is 0.357. The van der Waals surface area contributed by atoms with E-state index >= 15 is 0 Å². The zero-order valence-corrected chi connectivity index (χ0v) is 11.4. The fourth-order valence-electron chi connectivity index (χ4n) is 1.63. The van der Waals surface area contributed by atoms with Crippen molar-refractivity contribution in [1.82, 2.24) is 10.3 Å². The summed E-state index contributed by atoms with van der Waals surface area (Å²) in [5, 5.41) is 5.43. The highest BCUT2D eigenvalue weighted by Crippen LogP contribution is 2.19. The van der Waals surface area contributed by atoms with E-state index in [1.54, 1.807) is 17.5 Å². The second-order valence-electron chi connectivity index (χ2n) is 4.03. The summed E-state index contributed by atoms with van der Waals surface area (Å²) in [7, 11) is 0. The van der Waals surface area contributed by atoms with Gasteiger partial charge in [0.1, 0.15) is 12.4 Å². The van der Waals surface area contributed by atoms with Gasteiger partial charge in [-0.3, -0.25) is 4.98 Å². The maximum Gasteiger partial charge on any atom is 0.127 e. The minimum atomic E-state index is 0.627. The number of rotatable bonds is 7. The van der Waals surface area contributed by atoms with E-state index in [4.69, 9.17) is 4.74 Å². The second-order valence-corrected chi connectivity index (χ2v) is 5.06. The fourth-order valence-corrected chi connectivity index (χ4v) is 2.25. The Bertz CT molecular complexity index is 457. The molecule has 0 aliphatic carbocycles. The van der Waals surface area contributed by atoms with E-state index in [1.807, 2.05) is 18.3 Å². The molecule has 0 spiro atoms. The summed E-state index contributed by atoms with van der Waals surface area (Å²) >= 11 is 1.71. The van der Waals surface area contributed by atoms with Gasteiger partial charge in [-0.05, 0) is 30.5 Å². The smallest absolute Gasteiger partial charge is 0.127 e. The maximum absolute atomic E-state index is 5.84. The van der Waals surface area contributed by atoms with Crippen LogP contribution >= 0.6 is 11.3 Å². The summed E-state index contributed by atoms with van der Waals surface area (Å²) in [5.41, 5.74) is 1.11. The highest BCUT2D eigenvalue weighted by molar-refractivity contribution is 7.09. The number of nitrogens with one attached hydrogen (secondary N) is 1. The first-order chi connectivity index (χ1) is 8.90. The average Bonchev–Trinajstić information content (AvgIpc) is 2.91. The molecule has 0 fully saturated rings. The quantitative estimate of drug-likeness (QED) is 0.778. The minimum absolute atomic E-state index is 0.627. The molecule has 18 heavy (non-hydrogen) atoms. The molecule has 0 amide bonds. The van der Waals surface area contributed by atoms with E-state index in [9.17, 15) is 0 Å². The Morgan fingerprint density at radius 3 is 3.11 bits per heavy atom. The lowest BCUT2D eigenvalue weighted by Crippen LogP contribution is -2.14. The summed E-state index contributed by atoms with van der Waals surface area (Å²) in [6.07, 6.45) is 4.77. The molecule has 1 N–H and O–H groups in total. The summed E-state index contributed by atoms with van der Waals surface area (Å²) in [6, 6.07) is 6.05. The molecule has 2 aromatic heterocycles. The van der Waals surface area contributed by atoms with Crippen LogP contribution in [0, 0.1) is 0 Å². The number of nitrogens with zero attached hydrogens (tertiary/aromatic N) is 1. The predicted molar refractivity (Wildman–Crippen MR) is 74.9 cm³/mol. The molecular weight excluding hydrogens is 244 g/mol. The topological polar surface area (TPSA) is 34.2 Å². The van der Waals surface area contributed by atoms with Gasteiger partial charge in [0.05, 0.1) is 0 Å². The van der Waals surface area contributed by atoms with Crippen molar-refractivity contribution in [3.63, 3.8) is 0 Å². The van der Waals surface area contributed by atoms with Crippen molar-refractivity contribution in [3.05, 3.63) is 46.4 Å². The highest BCUT2D eigenvalue weighted by atomic mass is 32.1. The third-order valence-electron chi connectivity index (χ3n) is 2.55. The van der Waals surface area contributed by atoms with Gasteiger partial charge in [0.25, 0.3) is 0 Å². The van der Waals surface area contributed by atoms with Crippen molar-refractivity contribution in [2.24, 2.45) is 0 Å². The molecule has 4 heteroatoms. The Labute approximate surface area is 112 Å². The lowest BCUT2D eigenvalue weighted by molar-refractivity contribution is 0.305. The van der Waals surface area contributed by atoms with Crippen LogP contribution in [-0.4, -0.2) is 11.5 Å². The SMILES string of the molecule is CCCNCc1cnccc1OCc1cccs1. The van der Waals surface area contributed by atoms with Crippen LogP contribution in [0.4, 0.5) is 0 Å². The van der Waals surface area contributed by atoms with Crippen LogP contribution in [0.2, 0.25) is 0 Å². The van der Waals surface area contributed by atoms with E-state index in [1.165, 1.54) is 4.88 Å². The van der Waals surface area contributed by atoms with Crippen molar-refractivity contribution >= 4 is 11.3 Å². The number of aromatic nitrogens is 1. The third kappa shape index (κ3) is 3.82. The molecule has 0 radical (unpaired) electrons. The average molecular weight is 262 g/mol. The van der Waals surface area contributed by atoms with Crippen LogP contribution in [0.5, 0.6) is 5.75 Å². The molecule has 0 bridgehead atoms. The molecular formula is C14H18N2OS. The Morgan fingerprint density at radius 1 is 1.39 bits per heavy atom. The monoisotopic (exact) mass is 262 g/mol. The van der Waals surface area contributed by atoms with E-state index in [-0.39, 0.29) is 0 Å². The Morgan fingerprint density at radius 2 is 2.33 bits per heavy atom. The van der Waals surface area contributed by atoms with Gasteiger partial charge in [-0.25, -0.2) is 0 Å². The molecule has 3 nitrogen and oxygen atoms in total. The third-order valence-corrected chi connectivity index (χ3v) is 3.40. The highest BCUT2D eigenvalue weighted by Gasteiger charge is 2.04. The van der Waals surface area contributed by atoms with E-state index < -0.39 is 0 Å². The summed E-state index contributed by atoms with van der Waals surface area (Å²) in [6.45, 7) is 4.60. The molecule has 96 valence electrons.